The van der Waals surface area contributed by atoms with Crippen molar-refractivity contribution in [2.75, 3.05) is 5.32 Å². The van der Waals surface area contributed by atoms with Crippen molar-refractivity contribution in [2.45, 2.75) is 6.54 Å². The van der Waals surface area contributed by atoms with Gasteiger partial charge in [0.15, 0.2) is 4.80 Å². The number of amides is 1. The van der Waals surface area contributed by atoms with Gasteiger partial charge in [0, 0.05) is 17.3 Å². The topological polar surface area (TPSA) is 57.9 Å². The Kier molecular flexibility index (Phi) is 3.35. The summed E-state index contributed by atoms with van der Waals surface area (Å²) in [6.45, 7) is 0.162. The van der Waals surface area contributed by atoms with Gasteiger partial charge in [0.2, 0.25) is 5.91 Å². The minimum atomic E-state index is -0.128. The summed E-state index contributed by atoms with van der Waals surface area (Å²) in [4.78, 5) is 12.3. The molecular weight excluding hydrogens is 270 g/mol. The van der Waals surface area contributed by atoms with Crippen molar-refractivity contribution in [3.8, 4) is 0 Å². The van der Waals surface area contributed by atoms with Gasteiger partial charge >= 0.3 is 0 Å². The van der Waals surface area contributed by atoms with Gasteiger partial charge in [0.25, 0.3) is 0 Å². The summed E-state index contributed by atoms with van der Waals surface area (Å²) in [5, 5.41) is 14.5. The molecule has 0 saturated carbocycles. The molecule has 1 aromatic heterocycles. The molecule has 0 atom stereocenters. The predicted octanol–water partition coefficient (Wildman–Crippen LogP) is 2.82. The SMILES string of the molecule is N=c1sccn1CC(=O)Nc1ccc2ccccc2c1. The molecule has 1 amide bonds. The van der Waals surface area contributed by atoms with Gasteiger partial charge in [0.1, 0.15) is 6.54 Å². The highest BCUT2D eigenvalue weighted by Gasteiger charge is 2.05. The molecule has 100 valence electrons. The number of anilines is 1. The maximum absolute atomic E-state index is 12.0. The van der Waals surface area contributed by atoms with Crippen LogP contribution in [0.25, 0.3) is 10.8 Å². The Hall–Kier alpha value is -2.40. The molecule has 3 aromatic rings. The largest absolute Gasteiger partial charge is 0.325 e. The summed E-state index contributed by atoms with van der Waals surface area (Å²) < 4.78 is 1.61. The molecule has 0 aliphatic heterocycles. The molecule has 0 bridgehead atoms. The molecule has 0 radical (unpaired) electrons. The Morgan fingerprint density at radius 3 is 2.75 bits per heavy atom. The van der Waals surface area contributed by atoms with E-state index in [-0.39, 0.29) is 12.5 Å². The molecule has 0 aliphatic rings. The van der Waals surface area contributed by atoms with E-state index in [9.17, 15) is 4.79 Å². The van der Waals surface area contributed by atoms with Crippen molar-refractivity contribution in [3.05, 3.63) is 58.8 Å². The molecule has 0 unspecified atom stereocenters. The fourth-order valence-corrected chi connectivity index (χ4v) is 2.65. The van der Waals surface area contributed by atoms with Gasteiger partial charge in [0.05, 0.1) is 0 Å². The van der Waals surface area contributed by atoms with Gasteiger partial charge in [-0.2, -0.15) is 0 Å². The minimum Gasteiger partial charge on any atom is -0.325 e. The van der Waals surface area contributed by atoms with Gasteiger partial charge in [-0.1, -0.05) is 30.3 Å². The highest BCUT2D eigenvalue weighted by molar-refractivity contribution is 7.06. The summed E-state index contributed by atoms with van der Waals surface area (Å²) >= 11 is 1.30. The summed E-state index contributed by atoms with van der Waals surface area (Å²) in [6.07, 6.45) is 1.74. The van der Waals surface area contributed by atoms with Crippen LogP contribution in [0, 0.1) is 5.41 Å². The molecule has 0 saturated heterocycles. The maximum atomic E-state index is 12.0. The number of aromatic nitrogens is 1. The first kappa shape index (κ1) is 12.6. The van der Waals surface area contributed by atoms with Crippen LogP contribution in [0.15, 0.2) is 54.0 Å². The second-order valence-corrected chi connectivity index (χ2v) is 5.34. The van der Waals surface area contributed by atoms with Crippen LogP contribution in [0.3, 0.4) is 0 Å². The molecule has 0 spiro atoms. The third-order valence-electron chi connectivity index (χ3n) is 3.03. The fourth-order valence-electron chi connectivity index (χ4n) is 2.05. The van der Waals surface area contributed by atoms with E-state index in [0.29, 0.717) is 4.80 Å². The van der Waals surface area contributed by atoms with E-state index >= 15 is 0 Å². The Labute approximate surface area is 119 Å². The van der Waals surface area contributed by atoms with E-state index in [1.165, 1.54) is 11.3 Å². The number of fused-ring (bicyclic) bond motifs is 1. The zero-order valence-corrected chi connectivity index (χ0v) is 11.5. The summed E-state index contributed by atoms with van der Waals surface area (Å²) in [6, 6.07) is 13.8. The van der Waals surface area contributed by atoms with Crippen LogP contribution < -0.4 is 10.1 Å². The van der Waals surface area contributed by atoms with E-state index < -0.39 is 0 Å². The van der Waals surface area contributed by atoms with E-state index in [4.69, 9.17) is 5.41 Å². The number of hydrogen-bond donors (Lipinski definition) is 2. The zero-order chi connectivity index (χ0) is 13.9. The van der Waals surface area contributed by atoms with Gasteiger partial charge < -0.3 is 9.88 Å². The van der Waals surface area contributed by atoms with E-state index in [1.807, 2.05) is 42.5 Å². The molecule has 0 aliphatic carbocycles. The molecule has 1 heterocycles. The van der Waals surface area contributed by atoms with E-state index in [0.717, 1.165) is 16.5 Å². The zero-order valence-electron chi connectivity index (χ0n) is 10.7. The lowest BCUT2D eigenvalue weighted by molar-refractivity contribution is -0.116. The summed E-state index contributed by atoms with van der Waals surface area (Å²) in [7, 11) is 0. The molecule has 4 nitrogen and oxygen atoms in total. The number of carbonyl (C=O) groups is 1. The third-order valence-corrected chi connectivity index (χ3v) is 3.74. The summed E-state index contributed by atoms with van der Waals surface area (Å²) in [5.41, 5.74) is 0.774. The normalized spacial score (nSPS) is 10.6. The Balaban J connectivity index is 1.77. The molecule has 2 aromatic carbocycles. The van der Waals surface area contributed by atoms with Crippen LogP contribution >= 0.6 is 11.3 Å². The van der Waals surface area contributed by atoms with Crippen LogP contribution in [0.2, 0.25) is 0 Å². The average Bonchev–Trinajstić information content (AvgIpc) is 2.84. The monoisotopic (exact) mass is 283 g/mol. The molecule has 0 fully saturated rings. The number of nitrogens with one attached hydrogen (secondary N) is 2. The van der Waals surface area contributed by atoms with Crippen molar-refractivity contribution in [1.82, 2.24) is 4.57 Å². The van der Waals surface area contributed by atoms with Crippen LogP contribution in [0.1, 0.15) is 0 Å². The van der Waals surface area contributed by atoms with Crippen molar-refractivity contribution in [1.29, 1.82) is 5.41 Å². The molecule has 20 heavy (non-hydrogen) atoms. The number of carbonyl (C=O) groups excluding carboxylic acids is 1. The van der Waals surface area contributed by atoms with Crippen molar-refractivity contribution < 1.29 is 4.79 Å². The smallest absolute Gasteiger partial charge is 0.244 e. The lowest BCUT2D eigenvalue weighted by Crippen LogP contribution is -2.23. The lowest BCUT2D eigenvalue weighted by atomic mass is 10.1. The van der Waals surface area contributed by atoms with E-state index in [1.54, 1.807) is 16.1 Å². The third kappa shape index (κ3) is 2.62. The van der Waals surface area contributed by atoms with Gasteiger partial charge in [-0.3, -0.25) is 10.2 Å². The van der Waals surface area contributed by atoms with Crippen molar-refractivity contribution >= 4 is 33.7 Å². The predicted molar refractivity (Wildman–Crippen MR) is 80.7 cm³/mol. The first-order valence-corrected chi connectivity index (χ1v) is 7.07. The maximum Gasteiger partial charge on any atom is 0.244 e. The minimum absolute atomic E-state index is 0.128. The van der Waals surface area contributed by atoms with Gasteiger partial charge in [-0.25, -0.2) is 0 Å². The van der Waals surface area contributed by atoms with Crippen LogP contribution in [-0.4, -0.2) is 10.5 Å². The van der Waals surface area contributed by atoms with Crippen LogP contribution in [0.5, 0.6) is 0 Å². The average molecular weight is 283 g/mol. The number of rotatable bonds is 3. The van der Waals surface area contributed by atoms with Crippen molar-refractivity contribution in [3.63, 3.8) is 0 Å². The Morgan fingerprint density at radius 1 is 1.20 bits per heavy atom. The lowest BCUT2D eigenvalue weighted by Gasteiger charge is -2.07. The standard InChI is InChI=1S/C15H13N3OS/c16-15-18(7-8-20-15)10-14(19)17-13-6-5-11-3-1-2-4-12(11)9-13/h1-9,16H,10H2,(H,17,19). The molecule has 2 N–H and O–H groups in total. The number of benzene rings is 2. The summed E-state index contributed by atoms with van der Waals surface area (Å²) in [5.74, 6) is -0.128. The van der Waals surface area contributed by atoms with Crippen LogP contribution in [-0.2, 0) is 11.3 Å². The molecular formula is C15H13N3OS. The number of nitrogens with zero attached hydrogens (tertiary/aromatic N) is 1. The van der Waals surface area contributed by atoms with Crippen LogP contribution in [0.4, 0.5) is 5.69 Å². The number of hydrogen-bond acceptors (Lipinski definition) is 3. The quantitative estimate of drug-likeness (QED) is 0.763. The second kappa shape index (κ2) is 5.30. The Bertz CT molecular complexity index is 819. The molecule has 3 rings (SSSR count). The first-order valence-electron chi connectivity index (χ1n) is 6.19. The van der Waals surface area contributed by atoms with Gasteiger partial charge in [-0.05, 0) is 22.9 Å². The second-order valence-electron chi connectivity index (χ2n) is 4.45. The highest BCUT2D eigenvalue weighted by Crippen LogP contribution is 2.18. The fraction of sp³-hybridized carbons (Fsp3) is 0.0667. The highest BCUT2D eigenvalue weighted by atomic mass is 32.1. The Morgan fingerprint density at radius 2 is 2.00 bits per heavy atom. The number of thiazole rings is 1. The van der Waals surface area contributed by atoms with Crippen molar-refractivity contribution in [2.24, 2.45) is 0 Å². The van der Waals surface area contributed by atoms with E-state index in [2.05, 4.69) is 5.32 Å². The molecule has 5 heteroatoms. The first-order chi connectivity index (χ1) is 9.72. The van der Waals surface area contributed by atoms with Gasteiger partial charge in [-0.15, -0.1) is 11.3 Å².